The van der Waals surface area contributed by atoms with Crippen LogP contribution in [0.25, 0.3) is 0 Å². The molecular formula is C14H18N4O2S. The lowest BCUT2D eigenvalue weighted by Gasteiger charge is -2.12. The second-order valence-corrected chi connectivity index (χ2v) is 6.91. The maximum absolute atomic E-state index is 12.3. The van der Waals surface area contributed by atoms with Gasteiger partial charge in [-0.05, 0) is 31.0 Å². The van der Waals surface area contributed by atoms with Crippen LogP contribution in [0.15, 0.2) is 41.4 Å². The van der Waals surface area contributed by atoms with E-state index in [1.807, 2.05) is 25.4 Å². The zero-order chi connectivity index (χ0) is 14.9. The topological polar surface area (TPSA) is 76.0 Å². The second kappa shape index (κ2) is 5.50. The van der Waals surface area contributed by atoms with E-state index in [4.69, 9.17) is 0 Å². The summed E-state index contributed by atoms with van der Waals surface area (Å²) in [5.41, 5.74) is 1.45. The highest BCUT2D eigenvalue weighted by Crippen LogP contribution is 2.26. The fourth-order valence-corrected chi connectivity index (χ4v) is 3.56. The average molecular weight is 306 g/mol. The Kier molecular flexibility index (Phi) is 3.69. The minimum atomic E-state index is -3.46. The van der Waals surface area contributed by atoms with Crippen LogP contribution in [-0.2, 0) is 23.6 Å². The Morgan fingerprint density at radius 3 is 2.71 bits per heavy atom. The number of rotatable bonds is 6. The lowest BCUT2D eigenvalue weighted by atomic mass is 10.3. The largest absolute Gasteiger partial charge is 0.378 e. The standard InChI is InChI=1S/C14H18N4O2S/c1-18-9-8-12(16-18)10-15-13-4-2-3-5-14(13)21(19,20)17-11-6-7-11/h2-5,8-9,11,15,17H,6-7,10H2,1H3. The van der Waals surface area contributed by atoms with Crippen LogP contribution in [0.3, 0.4) is 0 Å². The van der Waals surface area contributed by atoms with Crippen LogP contribution in [0.1, 0.15) is 18.5 Å². The molecular weight excluding hydrogens is 288 g/mol. The molecule has 1 aliphatic rings. The maximum atomic E-state index is 12.3. The van der Waals surface area contributed by atoms with Crippen molar-refractivity contribution in [1.82, 2.24) is 14.5 Å². The minimum absolute atomic E-state index is 0.0962. The zero-order valence-electron chi connectivity index (χ0n) is 11.8. The van der Waals surface area contributed by atoms with Crippen molar-refractivity contribution in [2.24, 2.45) is 7.05 Å². The highest BCUT2D eigenvalue weighted by atomic mass is 32.2. The summed E-state index contributed by atoms with van der Waals surface area (Å²) in [7, 11) is -1.62. The fraction of sp³-hybridized carbons (Fsp3) is 0.357. The SMILES string of the molecule is Cn1ccc(CNc2ccccc2S(=O)(=O)NC2CC2)n1. The Bertz CT molecular complexity index is 735. The molecule has 0 saturated heterocycles. The van der Waals surface area contributed by atoms with Gasteiger partial charge >= 0.3 is 0 Å². The van der Waals surface area contributed by atoms with Crippen molar-refractivity contribution in [3.05, 3.63) is 42.2 Å². The molecule has 0 aliphatic heterocycles. The van der Waals surface area contributed by atoms with Gasteiger partial charge in [-0.15, -0.1) is 0 Å². The van der Waals surface area contributed by atoms with Crippen molar-refractivity contribution in [3.8, 4) is 0 Å². The van der Waals surface area contributed by atoms with Gasteiger partial charge in [-0.25, -0.2) is 13.1 Å². The van der Waals surface area contributed by atoms with Gasteiger partial charge in [0.2, 0.25) is 10.0 Å². The Hall–Kier alpha value is -1.86. The van der Waals surface area contributed by atoms with Crippen LogP contribution < -0.4 is 10.0 Å². The van der Waals surface area contributed by atoms with Crippen molar-refractivity contribution >= 4 is 15.7 Å². The first kappa shape index (κ1) is 14.1. The molecule has 2 N–H and O–H groups in total. The molecule has 0 spiro atoms. The normalized spacial score (nSPS) is 15.1. The molecule has 1 aromatic heterocycles. The smallest absolute Gasteiger partial charge is 0.242 e. The summed E-state index contributed by atoms with van der Waals surface area (Å²) in [5.74, 6) is 0. The first-order chi connectivity index (χ1) is 10.0. The molecule has 0 radical (unpaired) electrons. The van der Waals surface area contributed by atoms with Crippen molar-refractivity contribution in [2.75, 3.05) is 5.32 Å². The summed E-state index contributed by atoms with van der Waals surface area (Å²) < 4.78 is 29.1. The molecule has 0 atom stereocenters. The molecule has 112 valence electrons. The molecule has 1 aliphatic carbocycles. The van der Waals surface area contributed by atoms with Crippen LogP contribution in [-0.4, -0.2) is 24.2 Å². The highest BCUT2D eigenvalue weighted by molar-refractivity contribution is 7.89. The van der Waals surface area contributed by atoms with E-state index in [0.29, 0.717) is 12.2 Å². The third-order valence-electron chi connectivity index (χ3n) is 3.30. The van der Waals surface area contributed by atoms with Gasteiger partial charge in [0.15, 0.2) is 0 Å². The predicted molar refractivity (Wildman–Crippen MR) is 80.3 cm³/mol. The fourth-order valence-electron chi connectivity index (χ4n) is 2.07. The number of para-hydroxylation sites is 1. The predicted octanol–water partition coefficient (Wildman–Crippen LogP) is 1.47. The molecule has 1 fully saturated rings. The van der Waals surface area contributed by atoms with E-state index in [-0.39, 0.29) is 10.9 Å². The molecule has 7 heteroatoms. The van der Waals surface area contributed by atoms with Crippen molar-refractivity contribution in [2.45, 2.75) is 30.3 Å². The summed E-state index contributed by atoms with van der Waals surface area (Å²) >= 11 is 0. The summed E-state index contributed by atoms with van der Waals surface area (Å²) in [4.78, 5) is 0.285. The van der Waals surface area contributed by atoms with Crippen LogP contribution in [0.4, 0.5) is 5.69 Å². The van der Waals surface area contributed by atoms with Gasteiger partial charge in [-0.3, -0.25) is 4.68 Å². The van der Waals surface area contributed by atoms with Gasteiger partial charge in [0.05, 0.1) is 17.9 Å². The number of hydrogen-bond donors (Lipinski definition) is 2. The monoisotopic (exact) mass is 306 g/mol. The lowest BCUT2D eigenvalue weighted by Crippen LogP contribution is -2.26. The van der Waals surface area contributed by atoms with Gasteiger partial charge in [0, 0.05) is 19.3 Å². The van der Waals surface area contributed by atoms with E-state index in [2.05, 4.69) is 15.1 Å². The van der Waals surface area contributed by atoms with Crippen molar-refractivity contribution in [1.29, 1.82) is 0 Å². The van der Waals surface area contributed by atoms with Crippen molar-refractivity contribution in [3.63, 3.8) is 0 Å². The Morgan fingerprint density at radius 1 is 1.29 bits per heavy atom. The second-order valence-electron chi connectivity index (χ2n) is 5.23. The molecule has 1 aromatic carbocycles. The van der Waals surface area contributed by atoms with E-state index in [9.17, 15) is 8.42 Å². The minimum Gasteiger partial charge on any atom is -0.378 e. The quantitative estimate of drug-likeness (QED) is 0.847. The summed E-state index contributed by atoms with van der Waals surface area (Å²) in [6.07, 6.45) is 3.69. The van der Waals surface area contributed by atoms with E-state index in [1.165, 1.54) is 0 Å². The average Bonchev–Trinajstić information content (AvgIpc) is 3.15. The van der Waals surface area contributed by atoms with E-state index in [0.717, 1.165) is 18.5 Å². The Balaban J connectivity index is 1.78. The van der Waals surface area contributed by atoms with Crippen LogP contribution in [0, 0.1) is 0 Å². The van der Waals surface area contributed by atoms with E-state index in [1.54, 1.807) is 22.9 Å². The molecule has 0 bridgehead atoms. The van der Waals surface area contributed by atoms with Gasteiger partial charge in [-0.2, -0.15) is 5.10 Å². The number of benzene rings is 1. The van der Waals surface area contributed by atoms with Gasteiger partial charge in [0.25, 0.3) is 0 Å². The zero-order valence-corrected chi connectivity index (χ0v) is 12.6. The van der Waals surface area contributed by atoms with Gasteiger partial charge in [-0.1, -0.05) is 12.1 Å². The number of anilines is 1. The first-order valence-corrected chi connectivity index (χ1v) is 8.37. The summed E-state index contributed by atoms with van der Waals surface area (Å²) in [5, 5.41) is 7.41. The van der Waals surface area contributed by atoms with Gasteiger partial charge in [0.1, 0.15) is 4.90 Å². The molecule has 6 nitrogen and oxygen atoms in total. The van der Waals surface area contributed by atoms with Crippen LogP contribution in [0.2, 0.25) is 0 Å². The number of sulfonamides is 1. The third kappa shape index (κ3) is 3.43. The van der Waals surface area contributed by atoms with Crippen LogP contribution in [0.5, 0.6) is 0 Å². The van der Waals surface area contributed by atoms with Gasteiger partial charge < -0.3 is 5.32 Å². The number of nitrogens with one attached hydrogen (secondary N) is 2. The van der Waals surface area contributed by atoms with E-state index < -0.39 is 10.0 Å². The number of aromatic nitrogens is 2. The number of aryl methyl sites for hydroxylation is 1. The number of hydrogen-bond acceptors (Lipinski definition) is 4. The summed E-state index contributed by atoms with van der Waals surface area (Å²) in [6.45, 7) is 0.483. The molecule has 21 heavy (non-hydrogen) atoms. The first-order valence-electron chi connectivity index (χ1n) is 6.88. The molecule has 2 aromatic rings. The molecule has 1 saturated carbocycles. The molecule has 1 heterocycles. The molecule has 0 amide bonds. The number of nitrogens with zero attached hydrogens (tertiary/aromatic N) is 2. The summed E-state index contributed by atoms with van der Waals surface area (Å²) in [6, 6.07) is 8.92. The van der Waals surface area contributed by atoms with Crippen LogP contribution >= 0.6 is 0 Å². The Morgan fingerprint density at radius 2 is 2.05 bits per heavy atom. The molecule has 3 rings (SSSR count). The third-order valence-corrected chi connectivity index (χ3v) is 4.88. The molecule has 0 unspecified atom stereocenters. The Labute approximate surface area is 124 Å². The highest BCUT2D eigenvalue weighted by Gasteiger charge is 2.29. The maximum Gasteiger partial charge on any atom is 0.242 e. The van der Waals surface area contributed by atoms with E-state index >= 15 is 0 Å². The van der Waals surface area contributed by atoms with Crippen molar-refractivity contribution < 1.29 is 8.42 Å². The lowest BCUT2D eigenvalue weighted by molar-refractivity contribution is 0.581.